The average molecular weight is 449 g/mol. The number of hydrogen-bond donors (Lipinski definition) is 0. The van der Waals surface area contributed by atoms with E-state index in [1.165, 1.54) is 4.90 Å². The highest BCUT2D eigenvalue weighted by Gasteiger charge is 2.51. The number of rotatable bonds is 8. The number of amides is 3. The molecule has 174 valence electrons. The van der Waals surface area contributed by atoms with Crippen molar-refractivity contribution in [1.82, 2.24) is 19.6 Å². The third kappa shape index (κ3) is 4.92. The number of likely N-dealkylation sites (N-methyl/N-ethyl adjacent to an activating group) is 1. The van der Waals surface area contributed by atoms with Gasteiger partial charge in [0.1, 0.15) is 6.04 Å². The van der Waals surface area contributed by atoms with E-state index in [4.69, 9.17) is 0 Å². The van der Waals surface area contributed by atoms with Crippen molar-refractivity contribution >= 4 is 17.7 Å². The molecule has 4 rings (SSSR count). The van der Waals surface area contributed by atoms with E-state index in [2.05, 4.69) is 5.10 Å². The number of allylic oxidation sites excluding steroid dienone is 2. The Hall–Kier alpha value is -3.22. The number of carbonyl (C=O) groups excluding carboxylic acids is 3. The number of imide groups is 1. The first-order valence-electron chi connectivity index (χ1n) is 11.7. The van der Waals surface area contributed by atoms with Crippen molar-refractivity contribution in [2.24, 2.45) is 17.8 Å². The van der Waals surface area contributed by atoms with E-state index in [9.17, 15) is 14.4 Å². The fourth-order valence-corrected chi connectivity index (χ4v) is 4.85. The van der Waals surface area contributed by atoms with E-state index in [1.807, 2.05) is 67.2 Å². The minimum atomic E-state index is -0.764. The minimum absolute atomic E-state index is 0.169. The molecule has 0 N–H and O–H groups in total. The second-order valence-corrected chi connectivity index (χ2v) is 9.57. The summed E-state index contributed by atoms with van der Waals surface area (Å²) in [4.78, 5) is 42.6. The van der Waals surface area contributed by atoms with Gasteiger partial charge in [0.2, 0.25) is 17.7 Å². The maximum Gasteiger partial charge on any atom is 0.245 e. The molecular formula is C26H32N4O3. The molecule has 1 fully saturated rings. The van der Waals surface area contributed by atoms with Crippen molar-refractivity contribution < 1.29 is 14.4 Å². The lowest BCUT2D eigenvalue weighted by Crippen LogP contribution is -2.50. The average Bonchev–Trinajstić information content (AvgIpc) is 3.34. The van der Waals surface area contributed by atoms with Gasteiger partial charge in [-0.05, 0) is 30.7 Å². The van der Waals surface area contributed by atoms with Crippen LogP contribution >= 0.6 is 0 Å². The molecule has 7 heteroatoms. The van der Waals surface area contributed by atoms with Gasteiger partial charge < -0.3 is 4.90 Å². The first-order chi connectivity index (χ1) is 15.8. The van der Waals surface area contributed by atoms with Gasteiger partial charge in [-0.15, -0.1) is 0 Å². The van der Waals surface area contributed by atoms with Crippen LogP contribution in [0.25, 0.3) is 0 Å². The van der Waals surface area contributed by atoms with Gasteiger partial charge in [-0.2, -0.15) is 5.10 Å². The van der Waals surface area contributed by atoms with Crippen molar-refractivity contribution in [1.29, 1.82) is 0 Å². The Morgan fingerprint density at radius 2 is 1.70 bits per heavy atom. The van der Waals surface area contributed by atoms with E-state index in [-0.39, 0.29) is 35.5 Å². The molecule has 7 nitrogen and oxygen atoms in total. The summed E-state index contributed by atoms with van der Waals surface area (Å²) in [7, 11) is 1.73. The van der Waals surface area contributed by atoms with Crippen LogP contribution in [0.2, 0.25) is 0 Å². The summed E-state index contributed by atoms with van der Waals surface area (Å²) < 4.78 is 1.85. The lowest BCUT2D eigenvalue weighted by atomic mass is 9.85. The minimum Gasteiger partial charge on any atom is -0.340 e. The van der Waals surface area contributed by atoms with Crippen LogP contribution in [0, 0.1) is 17.8 Å². The van der Waals surface area contributed by atoms with Gasteiger partial charge in [-0.25, -0.2) is 0 Å². The van der Waals surface area contributed by atoms with E-state index in [1.54, 1.807) is 18.1 Å². The van der Waals surface area contributed by atoms with Gasteiger partial charge in [0.25, 0.3) is 0 Å². The van der Waals surface area contributed by atoms with Crippen LogP contribution in [0.5, 0.6) is 0 Å². The Balaban J connectivity index is 1.47. The number of aromatic nitrogens is 2. The maximum absolute atomic E-state index is 13.5. The number of likely N-dealkylation sites (tertiary alicyclic amines) is 1. The number of carbonyl (C=O) groups is 3. The van der Waals surface area contributed by atoms with Gasteiger partial charge in [-0.3, -0.25) is 24.0 Å². The summed E-state index contributed by atoms with van der Waals surface area (Å²) >= 11 is 0. The fourth-order valence-electron chi connectivity index (χ4n) is 4.85. The van der Waals surface area contributed by atoms with E-state index in [0.717, 1.165) is 11.1 Å². The molecular weight excluding hydrogens is 416 g/mol. The zero-order valence-electron chi connectivity index (χ0n) is 19.6. The number of nitrogens with zero attached hydrogens (tertiary/aromatic N) is 4. The largest absolute Gasteiger partial charge is 0.340 e. The zero-order chi connectivity index (χ0) is 23.5. The summed E-state index contributed by atoms with van der Waals surface area (Å²) in [6.07, 6.45) is 9.23. The second-order valence-electron chi connectivity index (χ2n) is 9.57. The summed E-state index contributed by atoms with van der Waals surface area (Å²) in [6, 6.07) is 9.30. The van der Waals surface area contributed by atoms with Gasteiger partial charge >= 0.3 is 0 Å². The molecule has 1 saturated heterocycles. The standard InChI is InChI=1S/C26H32N4O3/c1-18(2)13-23(30-24(31)21-11-7-8-12-22(21)25(30)32)26(33)28(3)15-20-14-27-29(17-20)16-19-9-5-4-6-10-19/h4-10,14,17-18,21-23H,11-13,15-16H2,1-3H3. The number of fused-ring (bicyclic) bond motifs is 1. The van der Waals surface area contributed by atoms with Crippen LogP contribution in [0.4, 0.5) is 0 Å². The first-order valence-corrected chi connectivity index (χ1v) is 11.7. The second kappa shape index (κ2) is 9.73. The lowest BCUT2D eigenvalue weighted by molar-refractivity contribution is -0.152. The summed E-state index contributed by atoms with van der Waals surface area (Å²) in [5.41, 5.74) is 2.05. The molecule has 3 amide bonds. The molecule has 0 spiro atoms. The maximum atomic E-state index is 13.5. The molecule has 3 atom stereocenters. The quantitative estimate of drug-likeness (QED) is 0.459. The molecule has 2 aliphatic rings. The van der Waals surface area contributed by atoms with E-state index in [0.29, 0.717) is 32.4 Å². The van der Waals surface area contributed by atoms with Crippen molar-refractivity contribution in [3.05, 3.63) is 66.0 Å². The molecule has 1 aromatic carbocycles. The Morgan fingerprint density at radius 3 is 2.30 bits per heavy atom. The Kier molecular flexibility index (Phi) is 6.77. The molecule has 1 aliphatic carbocycles. The third-order valence-corrected chi connectivity index (χ3v) is 6.50. The molecule has 0 bridgehead atoms. The highest BCUT2D eigenvalue weighted by Crippen LogP contribution is 2.37. The van der Waals surface area contributed by atoms with Crippen LogP contribution in [-0.4, -0.2) is 50.4 Å². The van der Waals surface area contributed by atoms with Crippen LogP contribution in [-0.2, 0) is 27.5 Å². The Morgan fingerprint density at radius 1 is 1.06 bits per heavy atom. The van der Waals surface area contributed by atoms with Crippen molar-refractivity contribution in [3.63, 3.8) is 0 Å². The number of benzene rings is 1. The Labute approximate surface area is 195 Å². The summed E-state index contributed by atoms with van der Waals surface area (Å²) in [6.45, 7) is 5.04. The zero-order valence-corrected chi connectivity index (χ0v) is 19.6. The highest BCUT2D eigenvalue weighted by molar-refractivity contribution is 6.08. The van der Waals surface area contributed by atoms with Crippen molar-refractivity contribution in [2.45, 2.75) is 52.2 Å². The first kappa shape index (κ1) is 23.0. The normalized spacial score (nSPS) is 20.9. The topological polar surface area (TPSA) is 75.5 Å². The summed E-state index contributed by atoms with van der Waals surface area (Å²) in [5, 5.41) is 4.42. The number of hydrogen-bond acceptors (Lipinski definition) is 4. The van der Waals surface area contributed by atoms with Crippen LogP contribution in [0.15, 0.2) is 54.9 Å². The molecule has 33 heavy (non-hydrogen) atoms. The molecule has 1 aliphatic heterocycles. The molecule has 2 aromatic rings. The Bertz CT molecular complexity index is 1020. The van der Waals surface area contributed by atoms with Crippen molar-refractivity contribution in [3.8, 4) is 0 Å². The van der Waals surface area contributed by atoms with Gasteiger partial charge in [0, 0.05) is 25.4 Å². The van der Waals surface area contributed by atoms with Gasteiger partial charge in [-0.1, -0.05) is 56.3 Å². The smallest absolute Gasteiger partial charge is 0.245 e. The van der Waals surface area contributed by atoms with E-state index >= 15 is 0 Å². The van der Waals surface area contributed by atoms with E-state index < -0.39 is 6.04 Å². The lowest BCUT2D eigenvalue weighted by Gasteiger charge is -2.30. The third-order valence-electron chi connectivity index (χ3n) is 6.50. The van der Waals surface area contributed by atoms with Crippen LogP contribution in [0.1, 0.15) is 44.2 Å². The predicted octanol–water partition coefficient (Wildman–Crippen LogP) is 3.26. The monoisotopic (exact) mass is 448 g/mol. The SMILES string of the molecule is CC(C)CC(C(=O)N(C)Cc1cnn(Cc2ccccc2)c1)N1C(=O)C2CC=CCC2C1=O. The molecule has 1 aromatic heterocycles. The fraction of sp³-hybridized carbons (Fsp3) is 0.462. The molecule has 0 saturated carbocycles. The van der Waals surface area contributed by atoms with Crippen LogP contribution < -0.4 is 0 Å². The van der Waals surface area contributed by atoms with Gasteiger partial charge in [0.15, 0.2) is 0 Å². The molecule has 3 unspecified atom stereocenters. The van der Waals surface area contributed by atoms with Gasteiger partial charge in [0.05, 0.1) is 24.6 Å². The summed E-state index contributed by atoms with van der Waals surface area (Å²) in [5.74, 6) is -1.08. The van der Waals surface area contributed by atoms with Crippen LogP contribution in [0.3, 0.4) is 0 Å². The molecule has 2 heterocycles. The highest BCUT2D eigenvalue weighted by atomic mass is 16.2. The predicted molar refractivity (Wildman–Crippen MR) is 125 cm³/mol. The van der Waals surface area contributed by atoms with Crippen molar-refractivity contribution in [2.75, 3.05) is 7.05 Å². The molecule has 0 radical (unpaired) electrons.